The van der Waals surface area contributed by atoms with E-state index in [1.807, 2.05) is 152 Å². The van der Waals surface area contributed by atoms with E-state index in [-0.39, 0.29) is 17.1 Å². The zero-order chi connectivity index (χ0) is 51.8. The molecule has 10 rings (SSSR count). The van der Waals surface area contributed by atoms with Gasteiger partial charge < -0.3 is 24.9 Å². The van der Waals surface area contributed by atoms with Gasteiger partial charge in [-0.05, 0) is 33.4 Å². The van der Waals surface area contributed by atoms with Crippen LogP contribution < -0.4 is 10.6 Å². The third-order valence-electron chi connectivity index (χ3n) is 13.1. The summed E-state index contributed by atoms with van der Waals surface area (Å²) in [7, 11) is 1.25. The average Bonchev–Trinajstić information content (AvgIpc) is 3.95. The Bertz CT molecular complexity index is 3180. The lowest BCUT2D eigenvalue weighted by molar-refractivity contribution is -0.165. The van der Waals surface area contributed by atoms with Crippen LogP contribution in [0.25, 0.3) is 0 Å². The first-order valence-electron chi connectivity index (χ1n) is 24.0. The van der Waals surface area contributed by atoms with Crippen LogP contribution in [0.4, 0.5) is 5.13 Å². The molecule has 0 bridgehead atoms. The van der Waals surface area contributed by atoms with Crippen LogP contribution in [-0.2, 0) is 44.6 Å². The second-order valence-corrected chi connectivity index (χ2v) is 20.0. The van der Waals surface area contributed by atoms with Crippen LogP contribution in [-0.4, -0.2) is 69.0 Å². The summed E-state index contributed by atoms with van der Waals surface area (Å²) >= 11 is 6.19. The molecule has 2 N–H and O–H groups in total. The van der Waals surface area contributed by atoms with Gasteiger partial charge in [-0.15, -0.1) is 23.1 Å². The monoisotopic (exact) mass is 1090 g/mol. The molecule has 1 saturated heterocycles. The van der Waals surface area contributed by atoms with Crippen LogP contribution in [0.1, 0.15) is 50.7 Å². The number of amides is 2. The number of rotatable bonds is 18. The van der Waals surface area contributed by atoms with E-state index < -0.39 is 52.4 Å². The lowest BCUT2D eigenvalue weighted by Gasteiger charge is -2.49. The molecule has 8 aromatic rings. The summed E-state index contributed by atoms with van der Waals surface area (Å²) in [4.78, 5) is 71.4. The molecule has 0 spiro atoms. The number of nitrogens with one attached hydrogen (secondary N) is 2. The van der Waals surface area contributed by atoms with E-state index in [0.717, 1.165) is 27.8 Å². The molecule has 75 heavy (non-hydrogen) atoms. The molecular weight excluding hydrogens is 1050 g/mol. The number of hydrogen-bond donors (Lipinski definition) is 2. The second kappa shape index (κ2) is 22.6. The van der Waals surface area contributed by atoms with Crippen LogP contribution in [0, 0.1) is 0 Å². The normalized spacial score (nSPS) is 15.6. The highest BCUT2D eigenvalue weighted by Gasteiger charge is 2.55. The van der Waals surface area contributed by atoms with Crippen molar-refractivity contribution < 1.29 is 33.5 Å². The number of esters is 2. The maximum atomic E-state index is 15.2. The Balaban J connectivity index is 1.02. The molecule has 2 aliphatic rings. The number of aromatic nitrogens is 1. The van der Waals surface area contributed by atoms with Crippen molar-refractivity contribution in [3.05, 3.63) is 274 Å². The minimum absolute atomic E-state index is 0.0847. The molecule has 0 radical (unpaired) electrons. The van der Waals surface area contributed by atoms with Crippen molar-refractivity contribution in [2.45, 2.75) is 28.7 Å². The van der Waals surface area contributed by atoms with Gasteiger partial charge in [-0.25, -0.2) is 14.6 Å². The molecule has 2 atom stereocenters. The van der Waals surface area contributed by atoms with Crippen molar-refractivity contribution in [3.63, 3.8) is 0 Å². The lowest BCUT2D eigenvalue weighted by atomic mass is 9.77. The van der Waals surface area contributed by atoms with E-state index in [9.17, 15) is 14.4 Å². The summed E-state index contributed by atoms with van der Waals surface area (Å²) in [6, 6.07) is 65.2. The van der Waals surface area contributed by atoms with E-state index in [4.69, 9.17) is 19.3 Å². The molecule has 12 nitrogen and oxygen atoms in total. The maximum absolute atomic E-state index is 15.2. The first kappa shape index (κ1) is 50.4. The van der Waals surface area contributed by atoms with E-state index in [2.05, 4.69) is 31.7 Å². The molecule has 3 heterocycles. The van der Waals surface area contributed by atoms with Gasteiger partial charge in [0.25, 0.3) is 17.4 Å². The summed E-state index contributed by atoms with van der Waals surface area (Å²) in [6.45, 7) is 0. The van der Waals surface area contributed by atoms with Gasteiger partial charge >= 0.3 is 11.9 Å². The molecule has 2 amide bonds. The van der Waals surface area contributed by atoms with E-state index in [0.29, 0.717) is 32.9 Å². The number of alkyl halides is 1. The molecule has 1 aromatic heterocycles. The van der Waals surface area contributed by atoms with Crippen molar-refractivity contribution in [2.75, 3.05) is 23.5 Å². The van der Waals surface area contributed by atoms with E-state index in [1.165, 1.54) is 35.1 Å². The second-order valence-electron chi connectivity index (χ2n) is 17.5. The lowest BCUT2D eigenvalue weighted by Crippen LogP contribution is -2.71. The molecule has 374 valence electrons. The van der Waals surface area contributed by atoms with Crippen molar-refractivity contribution in [2.24, 2.45) is 5.16 Å². The number of carbonyl (C=O) groups is 4. The number of carbonyl (C=O) groups excluding carboxylic acids is 4. The Kier molecular flexibility index (Phi) is 15.2. The number of thiazole rings is 1. The Morgan fingerprint density at radius 2 is 1.15 bits per heavy atom. The van der Waals surface area contributed by atoms with Crippen LogP contribution in [0.3, 0.4) is 0 Å². The van der Waals surface area contributed by atoms with Crippen molar-refractivity contribution in [3.8, 4) is 0 Å². The molecule has 15 heteroatoms. The number of hydrogen-bond acceptors (Lipinski definition) is 12. The molecule has 1 fully saturated rings. The SMILES string of the molecule is COC(=O)C(ON=C(C(=O)N[C@@H]1C(=O)N2C(C(=O)OC(c3ccccc3)c3ccccc3)=C(CBr)CS[C@H]12)c1csc(NC(c2ccccc2)(c2ccccc2)c2ccccc2)n1)(c1ccccc1)c1ccccc1. The Morgan fingerprint density at radius 3 is 1.60 bits per heavy atom. The number of fused-ring (bicyclic) bond motifs is 1. The number of methoxy groups -OCH3 is 1. The smallest absolute Gasteiger partial charge is 0.362 e. The first-order valence-corrected chi connectivity index (χ1v) is 27.0. The van der Waals surface area contributed by atoms with Gasteiger partial charge in [0.05, 0.1) is 7.11 Å². The van der Waals surface area contributed by atoms with Crippen LogP contribution in [0.15, 0.2) is 234 Å². The summed E-state index contributed by atoms with van der Waals surface area (Å²) in [5.41, 5.74) is 2.61. The van der Waals surface area contributed by atoms with Crippen LogP contribution >= 0.6 is 39.0 Å². The zero-order valence-electron chi connectivity index (χ0n) is 40.3. The minimum atomic E-state index is -2.01. The van der Waals surface area contributed by atoms with Crippen molar-refractivity contribution in [1.29, 1.82) is 0 Å². The third-order valence-corrected chi connectivity index (χ3v) is 15.9. The van der Waals surface area contributed by atoms with Gasteiger partial charge in [0.15, 0.2) is 16.9 Å². The number of β-lactam (4-membered cyclic amide) rings is 1. The molecule has 7 aromatic carbocycles. The number of anilines is 1. The Morgan fingerprint density at radius 1 is 0.693 bits per heavy atom. The van der Waals surface area contributed by atoms with Gasteiger partial charge in [-0.3, -0.25) is 14.5 Å². The van der Waals surface area contributed by atoms with Crippen LogP contribution in [0.5, 0.6) is 0 Å². The predicted octanol–water partition coefficient (Wildman–Crippen LogP) is 10.8. The average molecular weight is 1100 g/mol. The molecule has 0 aliphatic carbocycles. The number of halogens is 1. The maximum Gasteiger partial charge on any atom is 0.362 e. The Hall–Kier alpha value is -8.11. The van der Waals surface area contributed by atoms with Gasteiger partial charge in [-0.1, -0.05) is 233 Å². The Labute approximate surface area is 450 Å². The number of nitrogens with zero attached hydrogens (tertiary/aromatic N) is 3. The largest absolute Gasteiger partial charge is 0.465 e. The summed E-state index contributed by atoms with van der Waals surface area (Å²) in [5.74, 6) is -2.47. The summed E-state index contributed by atoms with van der Waals surface area (Å²) < 4.78 is 11.7. The topological polar surface area (TPSA) is 149 Å². The van der Waals surface area contributed by atoms with Crippen molar-refractivity contribution in [1.82, 2.24) is 15.2 Å². The summed E-state index contributed by atoms with van der Waals surface area (Å²) in [5, 5.41) is 12.9. The number of oxime groups is 1. The molecule has 0 unspecified atom stereocenters. The highest BCUT2D eigenvalue weighted by Crippen LogP contribution is 2.44. The van der Waals surface area contributed by atoms with Gasteiger partial charge in [0, 0.05) is 27.6 Å². The fraction of sp³-hybridized carbons (Fsp3) is 0.133. The van der Waals surface area contributed by atoms with Gasteiger partial charge in [0.1, 0.15) is 28.3 Å². The number of ether oxygens (including phenoxy) is 2. The quantitative estimate of drug-likeness (QED) is 0.0212. The van der Waals surface area contributed by atoms with Crippen LogP contribution in [0.2, 0.25) is 0 Å². The van der Waals surface area contributed by atoms with E-state index in [1.54, 1.807) is 66.0 Å². The zero-order valence-corrected chi connectivity index (χ0v) is 43.5. The predicted molar refractivity (Wildman–Crippen MR) is 295 cm³/mol. The standard InChI is InChI=1S/C60H48BrN5O7S2/c1-71-57(70)60(46-33-19-7-20-34-46,47-35-21-8-22-36-47)73-65-49(48-39-75-58(62-48)64-59(43-27-13-4-14-28-43,44-29-15-5-16-30-44)45-31-17-6-18-32-45)53(67)63-50-54(68)66-51(42(37-61)38-74-55(50)66)56(69)72-52(40-23-9-2-10-24-40)41-25-11-3-12-26-41/h2-36,39,50,52,55H,37-38H2,1H3,(H,62,64)(H,63,67)/t50-,55-/m1/s1. The minimum Gasteiger partial charge on any atom is -0.465 e. The third kappa shape index (κ3) is 9.89. The van der Waals surface area contributed by atoms with Gasteiger partial charge in [-0.2, -0.15) is 0 Å². The summed E-state index contributed by atoms with van der Waals surface area (Å²) in [6.07, 6.45) is -0.762. The van der Waals surface area contributed by atoms with Gasteiger partial charge in [0.2, 0.25) is 0 Å². The molecule has 0 saturated carbocycles. The van der Waals surface area contributed by atoms with E-state index >= 15 is 4.79 Å². The first-order chi connectivity index (χ1) is 36.8. The fourth-order valence-corrected chi connectivity index (χ4v) is 12.3. The molecular formula is C60H48BrN5O7S2. The number of thioether (sulfide) groups is 1. The fourth-order valence-electron chi connectivity index (χ4n) is 9.47. The number of benzene rings is 7. The molecule has 2 aliphatic heterocycles. The van der Waals surface area contributed by atoms with Crippen molar-refractivity contribution >= 4 is 73.6 Å². The highest BCUT2D eigenvalue weighted by atomic mass is 79.9. The highest BCUT2D eigenvalue weighted by molar-refractivity contribution is 9.09.